The molecule has 1 aromatic rings. The van der Waals surface area contributed by atoms with Crippen molar-refractivity contribution in [2.24, 2.45) is 0 Å². The molecule has 0 aliphatic carbocycles. The molecule has 24 heavy (non-hydrogen) atoms. The highest BCUT2D eigenvalue weighted by atomic mass is 19.1. The van der Waals surface area contributed by atoms with E-state index in [4.69, 9.17) is 4.74 Å². The van der Waals surface area contributed by atoms with Crippen molar-refractivity contribution in [3.8, 4) is 5.75 Å². The molecule has 6 nitrogen and oxygen atoms in total. The molecule has 3 rings (SSSR count). The van der Waals surface area contributed by atoms with Crippen LogP contribution in [0.3, 0.4) is 0 Å². The van der Waals surface area contributed by atoms with Crippen LogP contribution in [0.15, 0.2) is 18.2 Å². The number of ether oxygens (including phenoxy) is 1. The molecule has 1 N–H and O–H groups in total. The van der Waals surface area contributed by atoms with Crippen molar-refractivity contribution in [3.63, 3.8) is 0 Å². The number of aliphatic hydroxyl groups is 1. The Hall–Kier alpha value is -2.15. The molecular weight excluding hydrogens is 315 g/mol. The fourth-order valence-corrected chi connectivity index (χ4v) is 3.10. The summed E-state index contributed by atoms with van der Waals surface area (Å²) < 4.78 is 19.2. The van der Waals surface area contributed by atoms with E-state index in [-0.39, 0.29) is 31.4 Å². The molecular formula is C17H21FN2O4. The van der Waals surface area contributed by atoms with E-state index in [9.17, 15) is 19.1 Å². The van der Waals surface area contributed by atoms with Crippen LogP contribution in [0.2, 0.25) is 0 Å². The largest absolute Gasteiger partial charge is 0.488 e. The molecule has 2 aliphatic rings. The molecule has 7 heteroatoms. The van der Waals surface area contributed by atoms with Crippen LogP contribution < -0.4 is 4.74 Å². The van der Waals surface area contributed by atoms with E-state index in [0.717, 1.165) is 12.8 Å². The number of halogens is 1. The lowest BCUT2D eigenvalue weighted by Crippen LogP contribution is -2.45. The van der Waals surface area contributed by atoms with Gasteiger partial charge in [-0.3, -0.25) is 9.59 Å². The Morgan fingerprint density at radius 2 is 2.17 bits per heavy atom. The third-order valence-corrected chi connectivity index (χ3v) is 4.45. The summed E-state index contributed by atoms with van der Waals surface area (Å²) in [7, 11) is 0. The van der Waals surface area contributed by atoms with Gasteiger partial charge in [-0.05, 0) is 25.3 Å². The number of benzene rings is 1. The molecule has 2 heterocycles. The number of hydrogen-bond donors (Lipinski definition) is 1. The molecule has 0 saturated carbocycles. The lowest BCUT2D eigenvalue weighted by atomic mass is 10.2. The van der Waals surface area contributed by atoms with E-state index < -0.39 is 17.8 Å². The highest BCUT2D eigenvalue weighted by Gasteiger charge is 2.29. The molecule has 2 aliphatic heterocycles. The van der Waals surface area contributed by atoms with Gasteiger partial charge in [0.2, 0.25) is 5.91 Å². The molecule has 130 valence electrons. The van der Waals surface area contributed by atoms with E-state index in [1.54, 1.807) is 17.0 Å². The predicted molar refractivity (Wildman–Crippen MR) is 83.7 cm³/mol. The highest BCUT2D eigenvalue weighted by Crippen LogP contribution is 2.26. The van der Waals surface area contributed by atoms with Gasteiger partial charge < -0.3 is 19.6 Å². The van der Waals surface area contributed by atoms with E-state index in [2.05, 4.69) is 0 Å². The molecule has 2 amide bonds. The van der Waals surface area contributed by atoms with Crippen molar-refractivity contribution in [1.82, 2.24) is 9.80 Å². The molecule has 0 aromatic heterocycles. The molecule has 1 saturated heterocycles. The van der Waals surface area contributed by atoms with Crippen LogP contribution in [0.25, 0.3) is 0 Å². The summed E-state index contributed by atoms with van der Waals surface area (Å²) >= 11 is 0. The molecule has 0 radical (unpaired) electrons. The van der Waals surface area contributed by atoms with Gasteiger partial charge in [-0.2, -0.15) is 0 Å². The maximum atomic E-state index is 13.8. The second-order valence-corrected chi connectivity index (χ2v) is 6.16. The number of fused-ring (bicyclic) bond motifs is 1. The van der Waals surface area contributed by atoms with E-state index in [1.165, 1.54) is 11.0 Å². The third-order valence-electron chi connectivity index (χ3n) is 4.45. The summed E-state index contributed by atoms with van der Waals surface area (Å²) in [5, 5.41) is 9.78. The average molecular weight is 336 g/mol. The van der Waals surface area contributed by atoms with Crippen LogP contribution in [-0.2, 0) is 16.1 Å². The Morgan fingerprint density at radius 1 is 1.33 bits per heavy atom. The van der Waals surface area contributed by atoms with E-state index in [0.29, 0.717) is 25.1 Å². The Kier molecular flexibility index (Phi) is 4.99. The summed E-state index contributed by atoms with van der Waals surface area (Å²) in [5.74, 6) is -0.863. The van der Waals surface area contributed by atoms with Gasteiger partial charge in [0, 0.05) is 18.7 Å². The van der Waals surface area contributed by atoms with Crippen molar-refractivity contribution in [3.05, 3.63) is 29.6 Å². The van der Waals surface area contributed by atoms with Gasteiger partial charge in [-0.25, -0.2) is 4.39 Å². The van der Waals surface area contributed by atoms with Gasteiger partial charge in [-0.15, -0.1) is 0 Å². The van der Waals surface area contributed by atoms with Crippen molar-refractivity contribution >= 4 is 11.8 Å². The first-order valence-corrected chi connectivity index (χ1v) is 8.21. The molecule has 1 aromatic carbocycles. The van der Waals surface area contributed by atoms with Crippen molar-refractivity contribution in [2.45, 2.75) is 31.9 Å². The monoisotopic (exact) mass is 336 g/mol. The van der Waals surface area contributed by atoms with Gasteiger partial charge in [-0.1, -0.05) is 12.1 Å². The number of aliphatic hydroxyl groups excluding tert-OH is 1. The Bertz CT molecular complexity index is 637. The quantitative estimate of drug-likeness (QED) is 0.872. The Labute approximate surface area is 139 Å². The predicted octanol–water partition coefficient (Wildman–Crippen LogP) is 0.920. The molecule has 1 fully saturated rings. The van der Waals surface area contributed by atoms with Crippen LogP contribution >= 0.6 is 0 Å². The SMILES string of the molecule is O=C(CN1CCCCC(O)C1=O)N1CCOc2c(F)cccc2C1. The summed E-state index contributed by atoms with van der Waals surface area (Å²) in [6.07, 6.45) is 0.950. The summed E-state index contributed by atoms with van der Waals surface area (Å²) in [6.45, 7) is 1.18. The van der Waals surface area contributed by atoms with Gasteiger partial charge >= 0.3 is 0 Å². The van der Waals surface area contributed by atoms with Crippen LogP contribution in [0.5, 0.6) is 5.75 Å². The Morgan fingerprint density at radius 3 is 3.00 bits per heavy atom. The number of carbonyl (C=O) groups excluding carboxylic acids is 2. The number of carbonyl (C=O) groups is 2. The first-order valence-electron chi connectivity index (χ1n) is 8.21. The fraction of sp³-hybridized carbons (Fsp3) is 0.529. The van der Waals surface area contributed by atoms with Gasteiger partial charge in [0.1, 0.15) is 12.7 Å². The summed E-state index contributed by atoms with van der Waals surface area (Å²) in [5.41, 5.74) is 0.614. The molecule has 0 spiro atoms. The summed E-state index contributed by atoms with van der Waals surface area (Å²) in [4.78, 5) is 27.7. The second-order valence-electron chi connectivity index (χ2n) is 6.16. The maximum absolute atomic E-state index is 13.8. The minimum Gasteiger partial charge on any atom is -0.488 e. The summed E-state index contributed by atoms with van der Waals surface area (Å²) in [6, 6.07) is 4.64. The molecule has 1 unspecified atom stereocenters. The van der Waals surface area contributed by atoms with Crippen LogP contribution in [0, 0.1) is 5.82 Å². The number of nitrogens with zero attached hydrogens (tertiary/aromatic N) is 2. The smallest absolute Gasteiger partial charge is 0.251 e. The Balaban J connectivity index is 1.69. The first kappa shape index (κ1) is 16.7. The van der Waals surface area contributed by atoms with Crippen molar-refractivity contribution < 1.29 is 23.8 Å². The van der Waals surface area contributed by atoms with E-state index in [1.807, 2.05) is 0 Å². The maximum Gasteiger partial charge on any atom is 0.251 e. The third kappa shape index (κ3) is 3.51. The normalized spacial score (nSPS) is 21.6. The lowest BCUT2D eigenvalue weighted by molar-refractivity contribution is -0.145. The molecule has 0 bridgehead atoms. The van der Waals surface area contributed by atoms with Crippen molar-refractivity contribution in [2.75, 3.05) is 26.2 Å². The standard InChI is InChI=1S/C17H21FN2O4/c18-13-5-3-4-12-10-19(8-9-24-16(12)13)15(22)11-20-7-2-1-6-14(21)17(20)23/h3-5,14,21H,1-2,6-11H2. The first-order chi connectivity index (χ1) is 11.6. The van der Waals surface area contributed by atoms with Gasteiger partial charge in [0.15, 0.2) is 11.6 Å². The second kappa shape index (κ2) is 7.17. The lowest BCUT2D eigenvalue weighted by Gasteiger charge is -2.26. The number of hydrogen-bond acceptors (Lipinski definition) is 4. The number of para-hydroxylation sites is 1. The minimum atomic E-state index is -1.03. The molecule has 1 atom stereocenters. The zero-order valence-electron chi connectivity index (χ0n) is 13.4. The van der Waals surface area contributed by atoms with E-state index >= 15 is 0 Å². The number of amides is 2. The number of rotatable bonds is 2. The number of likely N-dealkylation sites (tertiary alicyclic amines) is 1. The topological polar surface area (TPSA) is 70.1 Å². The van der Waals surface area contributed by atoms with Crippen LogP contribution in [-0.4, -0.2) is 59.1 Å². The minimum absolute atomic E-state index is 0.0689. The van der Waals surface area contributed by atoms with Gasteiger partial charge in [0.25, 0.3) is 5.91 Å². The highest BCUT2D eigenvalue weighted by molar-refractivity contribution is 5.87. The zero-order chi connectivity index (χ0) is 17.1. The van der Waals surface area contributed by atoms with Crippen LogP contribution in [0.1, 0.15) is 24.8 Å². The van der Waals surface area contributed by atoms with Crippen LogP contribution in [0.4, 0.5) is 4.39 Å². The van der Waals surface area contributed by atoms with Crippen molar-refractivity contribution in [1.29, 1.82) is 0 Å². The zero-order valence-corrected chi connectivity index (χ0v) is 13.4. The average Bonchev–Trinajstić information content (AvgIpc) is 2.87. The van der Waals surface area contributed by atoms with Gasteiger partial charge in [0.05, 0.1) is 13.1 Å². The fourth-order valence-electron chi connectivity index (χ4n) is 3.10.